The van der Waals surface area contributed by atoms with Crippen LogP contribution in [0.1, 0.15) is 19.5 Å². The lowest BCUT2D eigenvalue weighted by molar-refractivity contribution is 0.171. The molecule has 1 N–H and O–H groups in total. The Hall–Kier alpha value is -2.50. The van der Waals surface area contributed by atoms with Gasteiger partial charge in [-0.1, -0.05) is 0 Å². The minimum atomic E-state index is 0.579. The van der Waals surface area contributed by atoms with E-state index in [1.807, 2.05) is 31.2 Å². The van der Waals surface area contributed by atoms with Gasteiger partial charge in [-0.2, -0.15) is 4.98 Å². The molecule has 23 heavy (non-hydrogen) atoms. The third kappa shape index (κ3) is 3.47. The van der Waals surface area contributed by atoms with Gasteiger partial charge in [0.25, 0.3) is 0 Å². The summed E-state index contributed by atoms with van der Waals surface area (Å²) in [6.45, 7) is 9.11. The Kier molecular flexibility index (Phi) is 4.50. The standard InChI is InChI=1S/C17H22N4O2/c1-4-21(5-2)17-18-12(3)10-16(20-17)19-13-6-7-14-15(11-13)23-9-8-22-14/h6-7,10-11H,4-5,8-9H2,1-3H3,(H,18,19,20). The van der Waals surface area contributed by atoms with Gasteiger partial charge in [-0.25, -0.2) is 4.98 Å². The number of anilines is 3. The van der Waals surface area contributed by atoms with Crippen LogP contribution >= 0.6 is 0 Å². The van der Waals surface area contributed by atoms with E-state index in [0.29, 0.717) is 13.2 Å². The molecule has 0 atom stereocenters. The van der Waals surface area contributed by atoms with Crippen LogP contribution in [0.15, 0.2) is 24.3 Å². The molecule has 0 fully saturated rings. The predicted molar refractivity (Wildman–Crippen MR) is 91.0 cm³/mol. The highest BCUT2D eigenvalue weighted by atomic mass is 16.6. The lowest BCUT2D eigenvalue weighted by atomic mass is 10.2. The van der Waals surface area contributed by atoms with Crippen molar-refractivity contribution in [3.63, 3.8) is 0 Å². The molecule has 2 aromatic rings. The van der Waals surface area contributed by atoms with Gasteiger partial charge in [-0.15, -0.1) is 0 Å². The lowest BCUT2D eigenvalue weighted by Crippen LogP contribution is -2.24. The van der Waals surface area contributed by atoms with Crippen LogP contribution in [-0.4, -0.2) is 36.3 Å². The zero-order valence-corrected chi connectivity index (χ0v) is 13.8. The largest absolute Gasteiger partial charge is 0.486 e. The number of nitrogens with one attached hydrogen (secondary N) is 1. The average molecular weight is 314 g/mol. The fourth-order valence-electron chi connectivity index (χ4n) is 2.53. The number of aryl methyl sites for hydroxylation is 1. The summed E-state index contributed by atoms with van der Waals surface area (Å²) in [7, 11) is 0. The molecule has 6 heteroatoms. The smallest absolute Gasteiger partial charge is 0.227 e. The van der Waals surface area contributed by atoms with Gasteiger partial charge in [-0.05, 0) is 32.9 Å². The minimum Gasteiger partial charge on any atom is -0.486 e. The normalized spacial score (nSPS) is 12.8. The van der Waals surface area contributed by atoms with Gasteiger partial charge in [0.1, 0.15) is 19.0 Å². The Morgan fingerprint density at radius 1 is 1.04 bits per heavy atom. The zero-order valence-electron chi connectivity index (χ0n) is 13.8. The second-order valence-electron chi connectivity index (χ2n) is 5.35. The molecule has 0 unspecified atom stereocenters. The maximum atomic E-state index is 5.62. The molecular weight excluding hydrogens is 292 g/mol. The lowest BCUT2D eigenvalue weighted by Gasteiger charge is -2.21. The molecule has 122 valence electrons. The van der Waals surface area contributed by atoms with Crippen LogP contribution < -0.4 is 19.7 Å². The summed E-state index contributed by atoms with van der Waals surface area (Å²) in [4.78, 5) is 11.3. The molecule has 0 saturated heterocycles. The van der Waals surface area contributed by atoms with Crippen molar-refractivity contribution in [3.8, 4) is 11.5 Å². The van der Waals surface area contributed by atoms with Crippen LogP contribution in [0.5, 0.6) is 11.5 Å². The molecule has 6 nitrogen and oxygen atoms in total. The van der Waals surface area contributed by atoms with E-state index in [1.165, 1.54) is 0 Å². The van der Waals surface area contributed by atoms with Crippen molar-refractivity contribution in [2.24, 2.45) is 0 Å². The van der Waals surface area contributed by atoms with Crippen molar-refractivity contribution in [1.29, 1.82) is 0 Å². The van der Waals surface area contributed by atoms with Gasteiger partial charge in [-0.3, -0.25) is 0 Å². The van der Waals surface area contributed by atoms with Crippen molar-refractivity contribution >= 4 is 17.5 Å². The summed E-state index contributed by atoms with van der Waals surface area (Å²) in [5, 5.41) is 3.32. The van der Waals surface area contributed by atoms with E-state index in [1.54, 1.807) is 0 Å². The van der Waals surface area contributed by atoms with Crippen molar-refractivity contribution in [1.82, 2.24) is 9.97 Å². The molecule has 0 spiro atoms. The highest BCUT2D eigenvalue weighted by molar-refractivity contribution is 5.62. The SMILES string of the molecule is CCN(CC)c1nc(C)cc(Nc2ccc3c(c2)OCCO3)n1. The summed E-state index contributed by atoms with van der Waals surface area (Å²) >= 11 is 0. The van der Waals surface area contributed by atoms with Gasteiger partial charge < -0.3 is 19.7 Å². The molecular formula is C17H22N4O2. The summed E-state index contributed by atoms with van der Waals surface area (Å²) < 4.78 is 11.2. The van der Waals surface area contributed by atoms with Gasteiger partial charge in [0.15, 0.2) is 11.5 Å². The molecule has 0 saturated carbocycles. The Labute approximate surface area is 136 Å². The molecule has 1 aromatic carbocycles. The van der Waals surface area contributed by atoms with Crippen molar-refractivity contribution in [2.45, 2.75) is 20.8 Å². The number of hydrogen-bond acceptors (Lipinski definition) is 6. The van der Waals surface area contributed by atoms with E-state index in [4.69, 9.17) is 9.47 Å². The molecule has 1 aromatic heterocycles. The zero-order chi connectivity index (χ0) is 16.2. The number of hydrogen-bond donors (Lipinski definition) is 1. The molecule has 2 heterocycles. The van der Waals surface area contributed by atoms with E-state index < -0.39 is 0 Å². The van der Waals surface area contributed by atoms with Crippen LogP contribution in [0.25, 0.3) is 0 Å². The highest BCUT2D eigenvalue weighted by Crippen LogP contribution is 2.33. The van der Waals surface area contributed by atoms with E-state index in [9.17, 15) is 0 Å². The number of fused-ring (bicyclic) bond motifs is 1. The third-order valence-corrected chi connectivity index (χ3v) is 3.70. The Morgan fingerprint density at radius 2 is 1.78 bits per heavy atom. The minimum absolute atomic E-state index is 0.579. The third-order valence-electron chi connectivity index (χ3n) is 3.70. The maximum absolute atomic E-state index is 5.62. The molecule has 3 rings (SSSR count). The predicted octanol–water partition coefficient (Wildman–Crippen LogP) is 3.15. The number of rotatable bonds is 5. The molecule has 1 aliphatic rings. The first-order valence-corrected chi connectivity index (χ1v) is 7.97. The second-order valence-corrected chi connectivity index (χ2v) is 5.35. The van der Waals surface area contributed by atoms with Crippen molar-refractivity contribution in [3.05, 3.63) is 30.0 Å². The van der Waals surface area contributed by atoms with E-state index in [-0.39, 0.29) is 0 Å². The highest BCUT2D eigenvalue weighted by Gasteiger charge is 2.13. The van der Waals surface area contributed by atoms with Crippen LogP contribution in [0.2, 0.25) is 0 Å². The maximum Gasteiger partial charge on any atom is 0.227 e. The molecule has 0 amide bonds. The first kappa shape index (κ1) is 15.4. The summed E-state index contributed by atoms with van der Waals surface area (Å²) in [6.07, 6.45) is 0. The van der Waals surface area contributed by atoms with E-state index in [2.05, 4.69) is 34.0 Å². The monoisotopic (exact) mass is 314 g/mol. The number of nitrogens with zero attached hydrogens (tertiary/aromatic N) is 3. The summed E-state index contributed by atoms with van der Waals surface area (Å²) in [5.74, 6) is 3.06. The molecule has 1 aliphatic heterocycles. The second kappa shape index (κ2) is 6.73. The van der Waals surface area contributed by atoms with Gasteiger partial charge in [0.05, 0.1) is 0 Å². The van der Waals surface area contributed by atoms with Crippen LogP contribution in [-0.2, 0) is 0 Å². The molecule has 0 aliphatic carbocycles. The average Bonchev–Trinajstić information content (AvgIpc) is 2.55. The quantitative estimate of drug-likeness (QED) is 0.915. The number of aromatic nitrogens is 2. The number of ether oxygens (including phenoxy) is 2. The van der Waals surface area contributed by atoms with Crippen molar-refractivity contribution in [2.75, 3.05) is 36.5 Å². The van der Waals surface area contributed by atoms with E-state index >= 15 is 0 Å². The van der Waals surface area contributed by atoms with Gasteiger partial charge in [0, 0.05) is 36.6 Å². The fraction of sp³-hybridized carbons (Fsp3) is 0.412. The summed E-state index contributed by atoms with van der Waals surface area (Å²) in [6, 6.07) is 7.74. The number of benzene rings is 1. The first-order valence-electron chi connectivity index (χ1n) is 7.97. The van der Waals surface area contributed by atoms with E-state index in [0.717, 1.165) is 47.7 Å². The van der Waals surface area contributed by atoms with Crippen LogP contribution in [0.3, 0.4) is 0 Å². The topological polar surface area (TPSA) is 59.5 Å². The fourth-order valence-corrected chi connectivity index (χ4v) is 2.53. The molecule has 0 bridgehead atoms. The van der Waals surface area contributed by atoms with Crippen LogP contribution in [0.4, 0.5) is 17.5 Å². The van der Waals surface area contributed by atoms with Crippen molar-refractivity contribution < 1.29 is 9.47 Å². The Balaban J connectivity index is 1.85. The first-order chi connectivity index (χ1) is 11.2. The summed E-state index contributed by atoms with van der Waals surface area (Å²) in [5.41, 5.74) is 1.85. The van der Waals surface area contributed by atoms with Gasteiger partial charge in [0.2, 0.25) is 5.95 Å². The Morgan fingerprint density at radius 3 is 2.52 bits per heavy atom. The Bertz CT molecular complexity index is 686. The molecule has 0 radical (unpaired) electrons. The van der Waals surface area contributed by atoms with Gasteiger partial charge >= 0.3 is 0 Å². The van der Waals surface area contributed by atoms with Crippen LogP contribution in [0, 0.1) is 6.92 Å².